The van der Waals surface area contributed by atoms with Crippen molar-refractivity contribution < 1.29 is 13.2 Å². The van der Waals surface area contributed by atoms with Crippen LogP contribution in [0, 0.1) is 0 Å². The molecule has 1 rings (SSSR count). The summed E-state index contributed by atoms with van der Waals surface area (Å²) in [6.45, 7) is 0.425. The van der Waals surface area contributed by atoms with Gasteiger partial charge in [0.25, 0.3) is 0 Å². The van der Waals surface area contributed by atoms with Crippen molar-refractivity contribution in [1.29, 1.82) is 0 Å². The predicted molar refractivity (Wildman–Crippen MR) is 65.8 cm³/mol. The Labute approximate surface area is 103 Å². The molecule has 0 amide bonds. The maximum Gasteiger partial charge on any atom is 0.233 e. The van der Waals surface area contributed by atoms with Crippen LogP contribution in [0.2, 0.25) is 0 Å². The molecular formula is C9H13BrN2O3S. The third kappa shape index (κ3) is 4.91. The molecule has 0 spiro atoms. The van der Waals surface area contributed by atoms with Crippen LogP contribution < -0.4 is 4.72 Å². The molecule has 16 heavy (non-hydrogen) atoms. The van der Waals surface area contributed by atoms with Crippen LogP contribution in [0.4, 0.5) is 5.82 Å². The van der Waals surface area contributed by atoms with Gasteiger partial charge < -0.3 is 4.74 Å². The van der Waals surface area contributed by atoms with Crippen LogP contribution in [0.3, 0.4) is 0 Å². The van der Waals surface area contributed by atoms with Gasteiger partial charge in [-0.1, -0.05) is 0 Å². The van der Waals surface area contributed by atoms with Crippen molar-refractivity contribution >= 4 is 31.8 Å². The molecule has 0 saturated heterocycles. The molecule has 0 saturated carbocycles. The number of methoxy groups -OCH3 is 1. The number of ether oxygens (including phenoxy) is 1. The Kier molecular flexibility index (Phi) is 5.17. The lowest BCUT2D eigenvalue weighted by atomic mass is 10.5. The van der Waals surface area contributed by atoms with Crippen LogP contribution in [-0.4, -0.2) is 32.9 Å². The molecule has 5 nitrogen and oxygen atoms in total. The topological polar surface area (TPSA) is 68.3 Å². The van der Waals surface area contributed by atoms with E-state index in [2.05, 4.69) is 25.6 Å². The molecule has 0 unspecified atom stereocenters. The summed E-state index contributed by atoms with van der Waals surface area (Å²) in [4.78, 5) is 3.92. The molecule has 0 aliphatic rings. The molecule has 0 aromatic carbocycles. The van der Waals surface area contributed by atoms with Gasteiger partial charge in [-0.15, -0.1) is 0 Å². The highest BCUT2D eigenvalue weighted by Gasteiger charge is 2.10. The van der Waals surface area contributed by atoms with Gasteiger partial charge in [-0.3, -0.25) is 4.72 Å². The van der Waals surface area contributed by atoms with Crippen molar-refractivity contribution in [3.05, 3.63) is 22.8 Å². The van der Waals surface area contributed by atoms with Crippen molar-refractivity contribution in [2.45, 2.75) is 6.42 Å². The number of aromatic nitrogens is 1. The van der Waals surface area contributed by atoms with Gasteiger partial charge in [0.15, 0.2) is 0 Å². The fraction of sp³-hybridized carbons (Fsp3) is 0.444. The third-order valence-corrected chi connectivity index (χ3v) is 3.56. The number of halogens is 1. The SMILES string of the molecule is COCCCS(=O)(=O)Nc1ccc(Br)cn1. The Morgan fingerprint density at radius 3 is 2.81 bits per heavy atom. The van der Waals surface area contributed by atoms with Crippen molar-refractivity contribution in [3.63, 3.8) is 0 Å². The summed E-state index contributed by atoms with van der Waals surface area (Å²) >= 11 is 3.22. The van der Waals surface area contributed by atoms with Crippen molar-refractivity contribution in [2.24, 2.45) is 0 Å². The summed E-state index contributed by atoms with van der Waals surface area (Å²) in [6, 6.07) is 3.32. The molecule has 0 fully saturated rings. The molecule has 0 bridgehead atoms. The first-order chi connectivity index (χ1) is 7.53. The average molecular weight is 309 g/mol. The van der Waals surface area contributed by atoms with E-state index in [1.807, 2.05) is 0 Å². The normalized spacial score (nSPS) is 11.4. The number of sulfonamides is 1. The van der Waals surface area contributed by atoms with Crippen LogP contribution in [0.25, 0.3) is 0 Å². The Hall–Kier alpha value is -0.660. The van der Waals surface area contributed by atoms with Gasteiger partial charge in [0, 0.05) is 24.4 Å². The molecule has 0 radical (unpaired) electrons. The fourth-order valence-corrected chi connectivity index (χ4v) is 2.31. The third-order valence-electron chi connectivity index (χ3n) is 1.75. The number of hydrogen-bond acceptors (Lipinski definition) is 4. The van der Waals surface area contributed by atoms with Crippen molar-refractivity contribution in [2.75, 3.05) is 24.2 Å². The molecule has 1 heterocycles. The van der Waals surface area contributed by atoms with Gasteiger partial charge in [0.1, 0.15) is 5.82 Å². The van der Waals surface area contributed by atoms with Crippen LogP contribution in [-0.2, 0) is 14.8 Å². The number of rotatable bonds is 6. The van der Waals surface area contributed by atoms with E-state index in [-0.39, 0.29) is 5.75 Å². The summed E-state index contributed by atoms with van der Waals surface area (Å²) in [5.41, 5.74) is 0. The standard InChI is InChI=1S/C9H13BrN2O3S/c1-15-5-2-6-16(13,14)12-9-4-3-8(10)7-11-9/h3-4,7H,2,5-6H2,1H3,(H,11,12). The van der Waals surface area contributed by atoms with Crippen molar-refractivity contribution in [1.82, 2.24) is 4.98 Å². The van der Waals surface area contributed by atoms with Crippen molar-refractivity contribution in [3.8, 4) is 0 Å². The van der Waals surface area contributed by atoms with Gasteiger partial charge in [-0.25, -0.2) is 13.4 Å². The van der Waals surface area contributed by atoms with Gasteiger partial charge in [0.05, 0.1) is 5.75 Å². The highest BCUT2D eigenvalue weighted by Crippen LogP contribution is 2.11. The van der Waals surface area contributed by atoms with E-state index < -0.39 is 10.0 Å². The quantitative estimate of drug-likeness (QED) is 0.811. The van der Waals surface area contributed by atoms with Gasteiger partial charge >= 0.3 is 0 Å². The van der Waals surface area contributed by atoms with E-state index in [0.29, 0.717) is 18.8 Å². The zero-order chi connectivity index (χ0) is 12.0. The van der Waals surface area contributed by atoms with E-state index in [1.54, 1.807) is 12.1 Å². The number of nitrogens with zero attached hydrogens (tertiary/aromatic N) is 1. The Bertz CT molecular complexity index is 419. The minimum atomic E-state index is -3.33. The average Bonchev–Trinajstić information content (AvgIpc) is 2.21. The molecule has 0 aliphatic carbocycles. The summed E-state index contributed by atoms with van der Waals surface area (Å²) in [5, 5.41) is 0. The molecular weight excluding hydrogens is 296 g/mol. The smallest absolute Gasteiger partial charge is 0.233 e. The number of hydrogen-bond donors (Lipinski definition) is 1. The Morgan fingerprint density at radius 2 is 2.25 bits per heavy atom. The molecule has 0 aliphatic heterocycles. The summed E-state index contributed by atoms with van der Waals surface area (Å²) in [6.07, 6.45) is 2.00. The highest BCUT2D eigenvalue weighted by atomic mass is 79.9. The Morgan fingerprint density at radius 1 is 1.50 bits per heavy atom. The molecule has 1 N–H and O–H groups in total. The first-order valence-corrected chi connectivity index (χ1v) is 7.09. The molecule has 90 valence electrons. The molecule has 1 aromatic heterocycles. The zero-order valence-electron chi connectivity index (χ0n) is 8.81. The maximum atomic E-state index is 11.5. The van der Waals surface area contributed by atoms with Crippen LogP contribution in [0.1, 0.15) is 6.42 Å². The monoisotopic (exact) mass is 308 g/mol. The highest BCUT2D eigenvalue weighted by molar-refractivity contribution is 9.10. The largest absolute Gasteiger partial charge is 0.385 e. The number of anilines is 1. The molecule has 0 atom stereocenters. The molecule has 1 aromatic rings. The summed E-state index contributed by atoms with van der Waals surface area (Å²) in [5.74, 6) is 0.346. The summed E-state index contributed by atoms with van der Waals surface area (Å²) < 4.78 is 31.1. The number of pyridine rings is 1. The fourth-order valence-electron chi connectivity index (χ4n) is 1.04. The zero-order valence-corrected chi connectivity index (χ0v) is 11.2. The van der Waals surface area contributed by atoms with Gasteiger partial charge in [0.2, 0.25) is 10.0 Å². The molecule has 7 heteroatoms. The van der Waals surface area contributed by atoms with Gasteiger partial charge in [-0.2, -0.15) is 0 Å². The van der Waals surface area contributed by atoms with Crippen LogP contribution in [0.5, 0.6) is 0 Å². The minimum Gasteiger partial charge on any atom is -0.385 e. The predicted octanol–water partition coefficient (Wildman–Crippen LogP) is 1.62. The second kappa shape index (κ2) is 6.17. The summed E-state index contributed by atoms with van der Waals surface area (Å²) in [7, 11) is -1.79. The lowest BCUT2D eigenvalue weighted by Gasteiger charge is -2.06. The second-order valence-corrected chi connectivity index (χ2v) is 5.89. The van der Waals surface area contributed by atoms with Crippen LogP contribution >= 0.6 is 15.9 Å². The maximum absolute atomic E-state index is 11.5. The van der Waals surface area contributed by atoms with Crippen LogP contribution in [0.15, 0.2) is 22.8 Å². The minimum absolute atomic E-state index is 0.0264. The first kappa shape index (κ1) is 13.4. The van der Waals surface area contributed by atoms with E-state index in [9.17, 15) is 8.42 Å². The van der Waals surface area contributed by atoms with E-state index in [0.717, 1.165) is 4.47 Å². The lowest BCUT2D eigenvalue weighted by Crippen LogP contribution is -2.18. The Balaban J connectivity index is 2.55. The van der Waals surface area contributed by atoms with E-state index in [4.69, 9.17) is 4.74 Å². The van der Waals surface area contributed by atoms with E-state index >= 15 is 0 Å². The first-order valence-electron chi connectivity index (χ1n) is 4.64. The number of nitrogens with one attached hydrogen (secondary N) is 1. The second-order valence-electron chi connectivity index (χ2n) is 3.13. The van der Waals surface area contributed by atoms with Gasteiger partial charge in [-0.05, 0) is 34.5 Å². The van der Waals surface area contributed by atoms with E-state index in [1.165, 1.54) is 13.3 Å². The lowest BCUT2D eigenvalue weighted by molar-refractivity contribution is 0.199.